The van der Waals surface area contributed by atoms with Gasteiger partial charge in [-0.25, -0.2) is 4.39 Å². The molecule has 1 aromatic heterocycles. The molecule has 29 heavy (non-hydrogen) atoms. The van der Waals surface area contributed by atoms with Gasteiger partial charge in [0.15, 0.2) is 0 Å². The highest BCUT2D eigenvalue weighted by molar-refractivity contribution is 5.94. The third kappa shape index (κ3) is 5.19. The Morgan fingerprint density at radius 1 is 1.21 bits per heavy atom. The number of hydrogen-bond acceptors (Lipinski definition) is 4. The minimum absolute atomic E-state index is 0.105. The Morgan fingerprint density at radius 2 is 2.07 bits per heavy atom. The van der Waals surface area contributed by atoms with Crippen LogP contribution in [-0.2, 0) is 4.74 Å². The zero-order valence-corrected chi connectivity index (χ0v) is 16.6. The molecule has 2 aliphatic rings. The summed E-state index contributed by atoms with van der Waals surface area (Å²) < 4.78 is 18.9. The van der Waals surface area contributed by atoms with Gasteiger partial charge in [-0.1, -0.05) is 12.1 Å². The molecule has 2 aromatic rings. The number of hydrogen-bond donors (Lipinski definition) is 1. The Balaban J connectivity index is 1.30. The molecule has 1 amide bonds. The lowest BCUT2D eigenvalue weighted by Gasteiger charge is -2.40. The van der Waals surface area contributed by atoms with Crippen LogP contribution in [-0.4, -0.2) is 54.7 Å². The van der Waals surface area contributed by atoms with Crippen molar-refractivity contribution < 1.29 is 13.9 Å². The van der Waals surface area contributed by atoms with Gasteiger partial charge in [0.2, 0.25) is 0 Å². The second-order valence-electron chi connectivity index (χ2n) is 8.00. The lowest BCUT2D eigenvalue weighted by atomic mass is 9.94. The van der Waals surface area contributed by atoms with E-state index in [-0.39, 0.29) is 11.7 Å². The third-order valence-electron chi connectivity index (χ3n) is 5.95. The number of benzene rings is 1. The molecule has 1 atom stereocenters. The molecule has 4 rings (SSSR count). The van der Waals surface area contributed by atoms with E-state index < -0.39 is 0 Å². The fourth-order valence-electron chi connectivity index (χ4n) is 4.33. The second-order valence-corrected chi connectivity index (χ2v) is 8.00. The Morgan fingerprint density at radius 3 is 2.83 bits per heavy atom. The summed E-state index contributed by atoms with van der Waals surface area (Å²) in [6, 6.07) is 10.4. The molecule has 5 nitrogen and oxygen atoms in total. The molecule has 6 heteroatoms. The number of likely N-dealkylation sites (tertiary alicyclic amines) is 1. The lowest BCUT2D eigenvalue weighted by Crippen LogP contribution is -2.47. The molecular weight excluding hydrogens is 369 g/mol. The Hall–Kier alpha value is -2.31. The van der Waals surface area contributed by atoms with Gasteiger partial charge in [-0.3, -0.25) is 14.7 Å². The number of amides is 1. The molecule has 154 valence electrons. The summed E-state index contributed by atoms with van der Waals surface area (Å²) in [4.78, 5) is 19.4. The zero-order valence-electron chi connectivity index (χ0n) is 16.6. The van der Waals surface area contributed by atoms with E-state index in [1.807, 2.05) is 0 Å². The van der Waals surface area contributed by atoms with Crippen LogP contribution in [0.4, 0.5) is 4.39 Å². The van der Waals surface area contributed by atoms with Crippen LogP contribution < -0.4 is 5.32 Å². The van der Waals surface area contributed by atoms with Gasteiger partial charge in [0.25, 0.3) is 5.91 Å². The SMILES string of the molecule is O=C(NCC1CCCN(C2CCOCC2)C1)c1ccc(-c2cccc(F)c2)nc1. The van der Waals surface area contributed by atoms with Gasteiger partial charge in [0.1, 0.15) is 5.82 Å². The Kier molecular flexibility index (Phi) is 6.52. The topological polar surface area (TPSA) is 54.5 Å². The van der Waals surface area contributed by atoms with Gasteiger partial charge >= 0.3 is 0 Å². The lowest BCUT2D eigenvalue weighted by molar-refractivity contribution is 0.0179. The number of rotatable bonds is 5. The van der Waals surface area contributed by atoms with Crippen LogP contribution in [0.5, 0.6) is 0 Å². The van der Waals surface area contributed by atoms with Gasteiger partial charge in [-0.15, -0.1) is 0 Å². The highest BCUT2D eigenvalue weighted by Gasteiger charge is 2.27. The van der Waals surface area contributed by atoms with Crippen LogP contribution in [0.1, 0.15) is 36.0 Å². The average molecular weight is 397 g/mol. The number of piperidine rings is 1. The molecule has 0 aliphatic carbocycles. The fraction of sp³-hybridized carbons (Fsp3) is 0.478. The number of pyridine rings is 1. The minimum Gasteiger partial charge on any atom is -0.381 e. The summed E-state index contributed by atoms with van der Waals surface area (Å²) in [5.41, 5.74) is 1.88. The van der Waals surface area contributed by atoms with Gasteiger partial charge in [-0.2, -0.15) is 0 Å². The summed E-state index contributed by atoms with van der Waals surface area (Å²) in [6.45, 7) is 4.61. The van der Waals surface area contributed by atoms with Gasteiger partial charge in [0.05, 0.1) is 11.3 Å². The maximum absolute atomic E-state index is 13.4. The smallest absolute Gasteiger partial charge is 0.252 e. The molecule has 1 N–H and O–H groups in total. The van der Waals surface area contributed by atoms with E-state index in [1.54, 1.807) is 30.5 Å². The van der Waals surface area contributed by atoms with Gasteiger partial charge in [0, 0.05) is 44.1 Å². The fourth-order valence-corrected chi connectivity index (χ4v) is 4.33. The van der Waals surface area contributed by atoms with Crippen molar-refractivity contribution in [1.82, 2.24) is 15.2 Å². The van der Waals surface area contributed by atoms with Crippen LogP contribution in [0.3, 0.4) is 0 Å². The standard InChI is InChI=1S/C23H28FN3O2/c24-20-5-1-4-18(13-20)22-7-6-19(15-25-22)23(28)26-14-17-3-2-10-27(16-17)21-8-11-29-12-9-21/h1,4-7,13,15,17,21H,2-3,8-12,14,16H2,(H,26,28). The first-order valence-corrected chi connectivity index (χ1v) is 10.5. The van der Waals surface area contributed by atoms with E-state index in [0.717, 1.165) is 45.6 Å². The van der Waals surface area contributed by atoms with Crippen molar-refractivity contribution in [3.05, 3.63) is 54.0 Å². The summed E-state index contributed by atoms with van der Waals surface area (Å²) >= 11 is 0. The molecule has 1 unspecified atom stereocenters. The highest BCUT2D eigenvalue weighted by atomic mass is 19.1. The van der Waals surface area contributed by atoms with Crippen molar-refractivity contribution in [3.8, 4) is 11.3 Å². The number of nitrogens with one attached hydrogen (secondary N) is 1. The molecule has 1 aromatic carbocycles. The first kappa shape index (κ1) is 20.0. The average Bonchev–Trinajstić information content (AvgIpc) is 2.78. The van der Waals surface area contributed by atoms with Crippen LogP contribution in [0, 0.1) is 11.7 Å². The normalized spacial score (nSPS) is 21.1. The molecule has 2 saturated heterocycles. The maximum Gasteiger partial charge on any atom is 0.252 e. The maximum atomic E-state index is 13.4. The number of nitrogens with zero attached hydrogens (tertiary/aromatic N) is 2. The van der Waals surface area contributed by atoms with E-state index in [1.165, 1.54) is 18.6 Å². The van der Waals surface area contributed by atoms with Crippen LogP contribution in [0.25, 0.3) is 11.3 Å². The molecule has 2 fully saturated rings. The van der Waals surface area contributed by atoms with Crippen LogP contribution in [0.2, 0.25) is 0 Å². The van der Waals surface area contributed by atoms with E-state index in [4.69, 9.17) is 4.74 Å². The second kappa shape index (κ2) is 9.46. The molecule has 0 radical (unpaired) electrons. The van der Waals surface area contributed by atoms with Gasteiger partial charge < -0.3 is 10.1 Å². The first-order chi connectivity index (χ1) is 14.2. The largest absolute Gasteiger partial charge is 0.381 e. The molecule has 3 heterocycles. The van der Waals surface area contributed by atoms with E-state index in [2.05, 4.69) is 15.2 Å². The molecule has 0 spiro atoms. The summed E-state index contributed by atoms with van der Waals surface area (Å²) in [5.74, 6) is 0.0787. The number of ether oxygens (including phenoxy) is 1. The zero-order chi connectivity index (χ0) is 20.1. The Labute approximate surface area is 171 Å². The van der Waals surface area contributed by atoms with Crippen molar-refractivity contribution in [2.75, 3.05) is 32.8 Å². The predicted molar refractivity (Wildman–Crippen MR) is 110 cm³/mol. The van der Waals surface area contributed by atoms with Crippen molar-refractivity contribution in [2.24, 2.45) is 5.92 Å². The third-order valence-corrected chi connectivity index (χ3v) is 5.95. The summed E-state index contributed by atoms with van der Waals surface area (Å²) in [7, 11) is 0. The number of halogens is 1. The van der Waals surface area contributed by atoms with Crippen molar-refractivity contribution in [3.63, 3.8) is 0 Å². The molecule has 2 aliphatic heterocycles. The van der Waals surface area contributed by atoms with E-state index in [0.29, 0.717) is 35.3 Å². The summed E-state index contributed by atoms with van der Waals surface area (Å²) in [6.07, 6.45) is 6.12. The first-order valence-electron chi connectivity index (χ1n) is 10.5. The minimum atomic E-state index is -0.298. The highest BCUT2D eigenvalue weighted by Crippen LogP contribution is 2.23. The van der Waals surface area contributed by atoms with Crippen LogP contribution >= 0.6 is 0 Å². The predicted octanol–water partition coefficient (Wildman–Crippen LogP) is 3.51. The molecular formula is C23H28FN3O2. The van der Waals surface area contributed by atoms with E-state index >= 15 is 0 Å². The number of carbonyl (C=O) groups is 1. The van der Waals surface area contributed by atoms with Crippen molar-refractivity contribution >= 4 is 5.91 Å². The van der Waals surface area contributed by atoms with Crippen molar-refractivity contribution in [1.29, 1.82) is 0 Å². The van der Waals surface area contributed by atoms with Gasteiger partial charge in [-0.05, 0) is 62.4 Å². The molecule has 0 bridgehead atoms. The van der Waals surface area contributed by atoms with Crippen molar-refractivity contribution in [2.45, 2.75) is 31.7 Å². The Bertz CT molecular complexity index is 821. The van der Waals surface area contributed by atoms with E-state index in [9.17, 15) is 9.18 Å². The molecule has 0 saturated carbocycles. The number of aromatic nitrogens is 1. The number of carbonyl (C=O) groups excluding carboxylic acids is 1. The van der Waals surface area contributed by atoms with Crippen LogP contribution in [0.15, 0.2) is 42.6 Å². The summed E-state index contributed by atoms with van der Waals surface area (Å²) in [5, 5.41) is 3.07. The monoisotopic (exact) mass is 397 g/mol. The quantitative estimate of drug-likeness (QED) is 0.839.